The molecular weight excluding hydrogens is 258 g/mol. The normalized spacial score (nSPS) is 27.4. The van der Waals surface area contributed by atoms with Crippen LogP contribution in [0.25, 0.3) is 0 Å². The molecule has 0 radical (unpaired) electrons. The zero-order valence-corrected chi connectivity index (χ0v) is 11.0. The largest absolute Gasteiger partial charge is 0.307 e. The summed E-state index contributed by atoms with van der Waals surface area (Å²) in [6.07, 6.45) is 2.56. The van der Waals surface area contributed by atoms with E-state index in [4.69, 9.17) is 0 Å². The maximum atomic E-state index is 3.69. The third-order valence-electron chi connectivity index (χ3n) is 3.27. The molecule has 2 rings (SSSR count). The van der Waals surface area contributed by atoms with Gasteiger partial charge < -0.3 is 5.32 Å². The molecule has 0 spiro atoms. The minimum Gasteiger partial charge on any atom is -0.307 e. The highest BCUT2D eigenvalue weighted by Crippen LogP contribution is 2.42. The van der Waals surface area contributed by atoms with Crippen LogP contribution < -0.4 is 5.32 Å². The molecule has 0 saturated carbocycles. The number of halogens is 1. The van der Waals surface area contributed by atoms with Gasteiger partial charge >= 0.3 is 0 Å². The summed E-state index contributed by atoms with van der Waals surface area (Å²) in [5.41, 5.74) is 1.67. The van der Waals surface area contributed by atoms with Crippen LogP contribution in [-0.2, 0) is 5.54 Å². The third kappa shape index (κ3) is 1.55. The van der Waals surface area contributed by atoms with E-state index in [-0.39, 0.29) is 5.54 Å². The van der Waals surface area contributed by atoms with Gasteiger partial charge in [-0.25, -0.2) is 0 Å². The first-order valence-corrected chi connectivity index (χ1v) is 6.87. The molecule has 1 aliphatic heterocycles. The lowest BCUT2D eigenvalue weighted by Gasteiger charge is -2.34. The Balaban J connectivity index is 2.41. The molecule has 3 heteroatoms. The lowest BCUT2D eigenvalue weighted by molar-refractivity contribution is 0.277. The van der Waals surface area contributed by atoms with Crippen LogP contribution in [0.15, 0.2) is 15.2 Å². The topological polar surface area (TPSA) is 12.0 Å². The second kappa shape index (κ2) is 3.95. The average molecular weight is 274 g/mol. The fourth-order valence-electron chi connectivity index (χ4n) is 2.40. The van der Waals surface area contributed by atoms with Crippen molar-refractivity contribution in [2.75, 3.05) is 6.54 Å². The SMILES string of the molecule is CC(C)C1(c2cscc2Br)CCCN1. The molecule has 1 N–H and O–H groups in total. The van der Waals surface area contributed by atoms with Crippen molar-refractivity contribution in [2.24, 2.45) is 5.92 Å². The molecule has 1 atom stereocenters. The van der Waals surface area contributed by atoms with E-state index >= 15 is 0 Å². The Morgan fingerprint density at radius 1 is 1.50 bits per heavy atom. The number of hydrogen-bond donors (Lipinski definition) is 1. The third-order valence-corrected chi connectivity index (χ3v) is 4.97. The monoisotopic (exact) mass is 273 g/mol. The van der Waals surface area contributed by atoms with Crippen LogP contribution in [0, 0.1) is 5.92 Å². The molecule has 1 nitrogen and oxygen atoms in total. The predicted molar refractivity (Wildman–Crippen MR) is 65.8 cm³/mol. The van der Waals surface area contributed by atoms with Crippen LogP contribution in [-0.4, -0.2) is 6.54 Å². The molecule has 0 aromatic carbocycles. The van der Waals surface area contributed by atoms with E-state index in [0.717, 1.165) is 6.54 Å². The van der Waals surface area contributed by atoms with Gasteiger partial charge in [-0.2, -0.15) is 11.3 Å². The Morgan fingerprint density at radius 2 is 2.29 bits per heavy atom. The van der Waals surface area contributed by atoms with Crippen LogP contribution in [0.1, 0.15) is 32.3 Å². The summed E-state index contributed by atoms with van der Waals surface area (Å²) in [4.78, 5) is 0. The van der Waals surface area contributed by atoms with E-state index in [1.165, 1.54) is 22.9 Å². The Kier molecular flexibility index (Phi) is 3.01. The van der Waals surface area contributed by atoms with Gasteiger partial charge in [-0.05, 0) is 52.2 Å². The van der Waals surface area contributed by atoms with E-state index in [2.05, 4.69) is 45.9 Å². The molecule has 78 valence electrons. The fraction of sp³-hybridized carbons (Fsp3) is 0.636. The summed E-state index contributed by atoms with van der Waals surface area (Å²) in [5, 5.41) is 8.15. The molecule has 0 amide bonds. The number of thiophene rings is 1. The summed E-state index contributed by atoms with van der Waals surface area (Å²) >= 11 is 5.43. The lowest BCUT2D eigenvalue weighted by atomic mass is 9.80. The van der Waals surface area contributed by atoms with Crippen LogP contribution in [0.5, 0.6) is 0 Å². The first kappa shape index (κ1) is 10.7. The molecule has 1 fully saturated rings. The van der Waals surface area contributed by atoms with Gasteiger partial charge in [0.05, 0.1) is 0 Å². The Hall–Kier alpha value is 0.140. The van der Waals surface area contributed by atoms with Gasteiger partial charge in [-0.1, -0.05) is 13.8 Å². The van der Waals surface area contributed by atoms with Crippen LogP contribution in [0.2, 0.25) is 0 Å². The Labute approximate surface area is 98.0 Å². The predicted octanol–water partition coefficient (Wildman–Crippen LogP) is 3.75. The molecule has 2 heterocycles. The van der Waals surface area contributed by atoms with E-state index in [1.54, 1.807) is 11.3 Å². The van der Waals surface area contributed by atoms with Crippen LogP contribution >= 0.6 is 27.3 Å². The van der Waals surface area contributed by atoms with Crippen molar-refractivity contribution in [2.45, 2.75) is 32.2 Å². The highest BCUT2D eigenvalue weighted by atomic mass is 79.9. The molecule has 1 unspecified atom stereocenters. The summed E-state index contributed by atoms with van der Waals surface area (Å²) in [7, 11) is 0. The Bertz CT molecular complexity index is 313. The maximum Gasteiger partial charge on any atom is 0.0477 e. The smallest absolute Gasteiger partial charge is 0.0477 e. The second-order valence-corrected chi connectivity index (χ2v) is 5.89. The standard InChI is InChI=1S/C11H16BrNS/c1-8(2)11(4-3-5-13-11)9-6-14-7-10(9)12/h6-8,13H,3-5H2,1-2H3. The van der Waals surface area contributed by atoms with Crippen molar-refractivity contribution in [1.82, 2.24) is 5.32 Å². The first-order chi connectivity index (χ1) is 6.67. The minimum atomic E-state index is 0.221. The number of nitrogens with one attached hydrogen (secondary N) is 1. The quantitative estimate of drug-likeness (QED) is 0.866. The zero-order chi connectivity index (χ0) is 10.2. The number of rotatable bonds is 2. The highest BCUT2D eigenvalue weighted by molar-refractivity contribution is 9.10. The molecule has 0 bridgehead atoms. The summed E-state index contributed by atoms with van der Waals surface area (Å²) < 4.78 is 1.27. The molecule has 14 heavy (non-hydrogen) atoms. The summed E-state index contributed by atoms with van der Waals surface area (Å²) in [6.45, 7) is 5.77. The molecule has 1 aliphatic rings. The van der Waals surface area contributed by atoms with Crippen molar-refractivity contribution in [1.29, 1.82) is 0 Å². The van der Waals surface area contributed by atoms with Crippen molar-refractivity contribution >= 4 is 27.3 Å². The van der Waals surface area contributed by atoms with E-state index in [9.17, 15) is 0 Å². The van der Waals surface area contributed by atoms with Crippen molar-refractivity contribution in [3.05, 3.63) is 20.8 Å². The van der Waals surface area contributed by atoms with E-state index in [0.29, 0.717) is 5.92 Å². The fourth-order valence-corrected chi connectivity index (χ4v) is 4.13. The maximum absolute atomic E-state index is 3.69. The average Bonchev–Trinajstić information content (AvgIpc) is 2.72. The molecule has 1 aromatic heterocycles. The van der Waals surface area contributed by atoms with Gasteiger partial charge in [0.25, 0.3) is 0 Å². The van der Waals surface area contributed by atoms with Crippen molar-refractivity contribution in [3.63, 3.8) is 0 Å². The van der Waals surface area contributed by atoms with Crippen molar-refractivity contribution < 1.29 is 0 Å². The van der Waals surface area contributed by atoms with Gasteiger partial charge in [0, 0.05) is 15.4 Å². The molecule has 0 aliphatic carbocycles. The van der Waals surface area contributed by atoms with Gasteiger partial charge in [0.2, 0.25) is 0 Å². The zero-order valence-electron chi connectivity index (χ0n) is 8.64. The lowest BCUT2D eigenvalue weighted by Crippen LogP contribution is -2.41. The van der Waals surface area contributed by atoms with E-state index < -0.39 is 0 Å². The van der Waals surface area contributed by atoms with E-state index in [1.807, 2.05) is 0 Å². The minimum absolute atomic E-state index is 0.221. The molecule has 1 saturated heterocycles. The summed E-state index contributed by atoms with van der Waals surface area (Å²) in [6, 6.07) is 0. The molecule has 1 aromatic rings. The van der Waals surface area contributed by atoms with Gasteiger partial charge in [-0.15, -0.1) is 0 Å². The second-order valence-electron chi connectivity index (χ2n) is 4.29. The molecular formula is C11H16BrNS. The van der Waals surface area contributed by atoms with Crippen molar-refractivity contribution in [3.8, 4) is 0 Å². The van der Waals surface area contributed by atoms with Crippen LogP contribution in [0.3, 0.4) is 0 Å². The van der Waals surface area contributed by atoms with Gasteiger partial charge in [-0.3, -0.25) is 0 Å². The van der Waals surface area contributed by atoms with Crippen LogP contribution in [0.4, 0.5) is 0 Å². The van der Waals surface area contributed by atoms with Gasteiger partial charge in [0.1, 0.15) is 0 Å². The Morgan fingerprint density at radius 3 is 2.71 bits per heavy atom. The first-order valence-electron chi connectivity index (χ1n) is 5.14. The van der Waals surface area contributed by atoms with Gasteiger partial charge in [0.15, 0.2) is 0 Å². The summed E-state index contributed by atoms with van der Waals surface area (Å²) in [5.74, 6) is 0.649. The highest BCUT2D eigenvalue weighted by Gasteiger charge is 2.39. The number of hydrogen-bond acceptors (Lipinski definition) is 2.